The lowest BCUT2D eigenvalue weighted by Gasteiger charge is -2.29. The van der Waals surface area contributed by atoms with Gasteiger partial charge in [0.15, 0.2) is 21.3 Å². The van der Waals surface area contributed by atoms with E-state index in [0.29, 0.717) is 55.1 Å². The first-order valence-corrected chi connectivity index (χ1v) is 18.5. The highest BCUT2D eigenvalue weighted by Gasteiger charge is 2.57. The van der Waals surface area contributed by atoms with Gasteiger partial charge in [0.2, 0.25) is 0 Å². The number of aliphatic hydroxyl groups is 1. The van der Waals surface area contributed by atoms with Crippen molar-refractivity contribution in [3.8, 4) is 17.0 Å². The monoisotopic (exact) mass is 679 g/mol. The maximum atomic E-state index is 13.7. The zero-order chi connectivity index (χ0) is 36.0. The van der Waals surface area contributed by atoms with Crippen molar-refractivity contribution in [2.75, 3.05) is 24.7 Å². The summed E-state index contributed by atoms with van der Waals surface area (Å²) in [5.74, 6) is 0.0262. The Kier molecular flexibility index (Phi) is 16.0. The second kappa shape index (κ2) is 18.9. The van der Waals surface area contributed by atoms with E-state index in [-0.39, 0.29) is 22.8 Å². The summed E-state index contributed by atoms with van der Waals surface area (Å²) in [5.41, 5.74) is 7.32. The number of para-hydroxylation sites is 1. The number of fused-ring (bicyclic) bond motifs is 11. The lowest BCUT2D eigenvalue weighted by Crippen LogP contribution is -2.36. The molecule has 1 aliphatic carbocycles. The average molecular weight is 680 g/mol. The molecule has 2 radical (unpaired) electrons. The maximum Gasteiger partial charge on any atom is 0.278 e. The molecule has 1 atom stereocenters. The van der Waals surface area contributed by atoms with Gasteiger partial charge in [-0.25, -0.2) is 18.4 Å². The number of nitrogens with one attached hydrogen (secondary N) is 2. The number of sulfone groups is 1. The lowest BCUT2D eigenvalue weighted by molar-refractivity contribution is 0.0362. The molecule has 10 nitrogen and oxygen atoms in total. The van der Waals surface area contributed by atoms with E-state index in [1.165, 1.54) is 13.0 Å². The Balaban J connectivity index is 0.00000126. The van der Waals surface area contributed by atoms with Crippen LogP contribution in [0.25, 0.3) is 11.3 Å². The van der Waals surface area contributed by atoms with Gasteiger partial charge in [-0.1, -0.05) is 78.0 Å². The molecule has 5 N–H and O–H groups in total. The molecule has 1 fully saturated rings. The number of nitrogen functional groups attached to an aromatic ring is 1. The number of rotatable bonds is 2. The molecule has 4 bridgehead atoms. The zero-order valence-electron chi connectivity index (χ0n) is 29.7. The van der Waals surface area contributed by atoms with Gasteiger partial charge in [0.25, 0.3) is 5.91 Å². The highest BCUT2D eigenvalue weighted by molar-refractivity contribution is 7.93. The SMILES string of the molecule is CC.CC.CNCc1cccc2c1OCCCCCCC(C)(O)CC1(CC1)S(=O)(=O)c1ccc(cc1)-c1cnc(N)c(n1)C(=O)N2.[B]C. The summed E-state index contributed by atoms with van der Waals surface area (Å²) in [5, 5.41) is 17.2. The highest BCUT2D eigenvalue weighted by atomic mass is 32.2. The summed E-state index contributed by atoms with van der Waals surface area (Å²) < 4.78 is 32.6. The standard InChI is InChI=1S/C31H39N5O5S.2C2H6.CH3B/c1-30(38)14-5-3-4-6-17-41-27-22(18-33-2)8-7-9-24(27)36-29(37)26-28(32)34-19-25(35-26)21-10-12-23(13-11-21)42(39,40)31(20-30)15-16-31;3*1-2/h7-13,19,33,38H,3-6,14-18,20H2,1-2H3,(H2,32,34)(H,36,37);2*1-2H3;1H3. The summed E-state index contributed by atoms with van der Waals surface area (Å²) >= 11 is 0. The molecule has 1 saturated carbocycles. The number of hydrogen-bond donors (Lipinski definition) is 4. The molecule has 2 aliphatic heterocycles. The minimum Gasteiger partial charge on any atom is -0.491 e. The van der Waals surface area contributed by atoms with Crippen LogP contribution in [0.15, 0.2) is 53.6 Å². The first kappa shape index (κ1) is 40.7. The first-order valence-electron chi connectivity index (χ1n) is 17.0. The van der Waals surface area contributed by atoms with Crippen LogP contribution in [-0.4, -0.2) is 61.2 Å². The first-order chi connectivity index (χ1) is 23.1. The number of nitrogens with two attached hydrogens (primary N) is 1. The number of aromatic nitrogens is 2. The number of amides is 1. The van der Waals surface area contributed by atoms with Crippen LogP contribution in [0.2, 0.25) is 6.82 Å². The third-order valence-electron chi connectivity index (χ3n) is 8.13. The number of anilines is 2. The summed E-state index contributed by atoms with van der Waals surface area (Å²) in [4.78, 5) is 22.3. The normalized spacial score (nSPS) is 19.8. The van der Waals surface area contributed by atoms with E-state index in [9.17, 15) is 18.3 Å². The number of hydrogen-bond acceptors (Lipinski definition) is 9. The van der Waals surface area contributed by atoms with Gasteiger partial charge < -0.3 is 26.2 Å². The smallest absolute Gasteiger partial charge is 0.278 e. The fourth-order valence-corrected chi connectivity index (χ4v) is 7.86. The van der Waals surface area contributed by atoms with Crippen LogP contribution in [0.4, 0.5) is 11.5 Å². The Labute approximate surface area is 289 Å². The van der Waals surface area contributed by atoms with Gasteiger partial charge in [0.05, 0.1) is 47.3 Å². The van der Waals surface area contributed by atoms with Gasteiger partial charge in [-0.15, -0.1) is 0 Å². The maximum absolute atomic E-state index is 13.7. The van der Waals surface area contributed by atoms with Crippen LogP contribution in [0.3, 0.4) is 0 Å². The summed E-state index contributed by atoms with van der Waals surface area (Å²) in [6, 6.07) is 12.0. The van der Waals surface area contributed by atoms with Crippen molar-refractivity contribution in [1.82, 2.24) is 15.3 Å². The van der Waals surface area contributed by atoms with Crippen molar-refractivity contribution in [3.63, 3.8) is 0 Å². The minimum atomic E-state index is -3.66. The molecule has 48 heavy (non-hydrogen) atoms. The van der Waals surface area contributed by atoms with Crippen LogP contribution >= 0.6 is 0 Å². The molecule has 12 heteroatoms. The highest BCUT2D eigenvalue weighted by Crippen LogP contribution is 2.52. The summed E-state index contributed by atoms with van der Waals surface area (Å²) in [7, 11) is 2.68. The van der Waals surface area contributed by atoms with Gasteiger partial charge >= 0.3 is 0 Å². The van der Waals surface area contributed by atoms with E-state index in [0.717, 1.165) is 31.2 Å². The van der Waals surface area contributed by atoms with Gasteiger partial charge in [-0.2, -0.15) is 0 Å². The number of ether oxygens (including phenoxy) is 1. The predicted molar refractivity (Wildman–Crippen MR) is 196 cm³/mol. The van der Waals surface area contributed by atoms with E-state index in [2.05, 4.69) is 28.4 Å². The molecule has 1 amide bonds. The Hall–Kier alpha value is -3.48. The molecule has 6 rings (SSSR count). The van der Waals surface area contributed by atoms with Gasteiger partial charge in [0, 0.05) is 17.7 Å². The average Bonchev–Trinajstić information content (AvgIpc) is 3.88. The fourth-order valence-electron chi connectivity index (χ4n) is 5.72. The minimum absolute atomic E-state index is 0.0264. The topological polar surface area (TPSA) is 157 Å². The van der Waals surface area contributed by atoms with E-state index < -0.39 is 26.1 Å². The van der Waals surface area contributed by atoms with Crippen molar-refractivity contribution in [1.29, 1.82) is 0 Å². The Morgan fingerprint density at radius 2 is 1.65 bits per heavy atom. The van der Waals surface area contributed by atoms with Gasteiger partial charge in [-0.05, 0) is 64.3 Å². The molecule has 1 aromatic heterocycles. The molecular weight excluding hydrogens is 625 g/mol. The fraction of sp³-hybridized carbons (Fsp3) is 0.528. The lowest BCUT2D eigenvalue weighted by atomic mass is 9.92. The molecule has 0 saturated heterocycles. The Bertz CT molecular complexity index is 1560. The van der Waals surface area contributed by atoms with Crippen molar-refractivity contribution in [3.05, 3.63) is 59.9 Å². The van der Waals surface area contributed by atoms with Gasteiger partial charge in [0.1, 0.15) is 5.75 Å². The molecule has 262 valence electrons. The molecular formula is C36H54BN5O5S. The summed E-state index contributed by atoms with van der Waals surface area (Å²) in [6.07, 6.45) is 6.61. The van der Waals surface area contributed by atoms with E-state index >= 15 is 0 Å². The van der Waals surface area contributed by atoms with Crippen LogP contribution in [0.5, 0.6) is 5.75 Å². The molecule has 2 aromatic carbocycles. The molecule has 3 aliphatic rings. The number of nitrogens with zero attached hydrogens (tertiary/aromatic N) is 2. The number of carbonyl (C=O) groups excluding carboxylic acids is 1. The predicted octanol–water partition coefficient (Wildman–Crippen LogP) is 6.74. The Morgan fingerprint density at radius 3 is 2.27 bits per heavy atom. The van der Waals surface area contributed by atoms with Crippen LogP contribution in [0, 0.1) is 0 Å². The van der Waals surface area contributed by atoms with Gasteiger partial charge in [-0.3, -0.25) is 4.79 Å². The van der Waals surface area contributed by atoms with Crippen molar-refractivity contribution in [2.24, 2.45) is 0 Å². The number of carbonyl (C=O) groups is 1. The molecule has 3 aromatic rings. The van der Waals surface area contributed by atoms with Crippen LogP contribution in [-0.2, 0) is 16.4 Å². The van der Waals surface area contributed by atoms with Crippen LogP contribution < -0.4 is 21.1 Å². The van der Waals surface area contributed by atoms with Crippen molar-refractivity contribution >= 4 is 35.1 Å². The third kappa shape index (κ3) is 10.0. The second-order valence-electron chi connectivity index (χ2n) is 11.7. The molecule has 1 spiro atoms. The van der Waals surface area contributed by atoms with Crippen LogP contribution in [0.1, 0.15) is 102 Å². The van der Waals surface area contributed by atoms with Crippen molar-refractivity contribution < 1.29 is 23.1 Å². The Morgan fingerprint density at radius 1 is 1.00 bits per heavy atom. The third-order valence-corrected chi connectivity index (χ3v) is 10.7. The second-order valence-corrected chi connectivity index (χ2v) is 14.0. The van der Waals surface area contributed by atoms with Crippen molar-refractivity contribution in [2.45, 2.75) is 115 Å². The summed E-state index contributed by atoms with van der Waals surface area (Å²) in [6.45, 7) is 12.3. The van der Waals surface area contributed by atoms with E-state index in [4.69, 9.17) is 10.5 Å². The number of benzene rings is 2. The molecule has 1 unspecified atom stereocenters. The molecule has 3 heterocycles. The largest absolute Gasteiger partial charge is 0.491 e. The van der Waals surface area contributed by atoms with E-state index in [1.54, 1.807) is 37.3 Å². The zero-order valence-corrected chi connectivity index (χ0v) is 30.5. The van der Waals surface area contributed by atoms with E-state index in [1.807, 2.05) is 46.9 Å². The quantitative estimate of drug-likeness (QED) is 0.215.